The number of alkyl halides is 3. The third kappa shape index (κ3) is 1.62. The molecule has 0 heterocycles. The summed E-state index contributed by atoms with van der Waals surface area (Å²) in [4.78, 5) is 10.4. The second-order valence-corrected chi connectivity index (χ2v) is 4.07. The lowest BCUT2D eigenvalue weighted by atomic mass is 9.68. The van der Waals surface area contributed by atoms with Crippen LogP contribution in [-0.4, -0.2) is 12.5 Å². The minimum absolute atomic E-state index is 0.0208. The number of carbonyl (C=O) groups is 1. The Morgan fingerprint density at radius 1 is 1.00 bits per heavy atom. The molecule has 0 spiro atoms. The first-order chi connectivity index (χ1) is 5.06. The van der Waals surface area contributed by atoms with E-state index in [4.69, 9.17) is 0 Å². The molecule has 1 unspecified atom stereocenters. The first-order valence-corrected chi connectivity index (χ1v) is 3.59. The smallest absolute Gasteiger partial charge is 0.302 e. The van der Waals surface area contributed by atoms with Gasteiger partial charge in [0.15, 0.2) is 0 Å². The molecular formula is C8H13F3O. The van der Waals surface area contributed by atoms with Crippen LogP contribution < -0.4 is 0 Å². The van der Waals surface area contributed by atoms with Gasteiger partial charge in [0.2, 0.25) is 0 Å². The van der Waals surface area contributed by atoms with Crippen molar-refractivity contribution in [2.24, 2.45) is 10.8 Å². The van der Waals surface area contributed by atoms with Crippen molar-refractivity contribution in [2.75, 3.05) is 0 Å². The Bertz CT molecular complexity index is 162. The Balaban J connectivity index is 5.09. The fourth-order valence-electron chi connectivity index (χ4n) is 0.669. The van der Waals surface area contributed by atoms with Crippen LogP contribution in [0, 0.1) is 10.8 Å². The second kappa shape index (κ2) is 2.75. The summed E-state index contributed by atoms with van der Waals surface area (Å²) < 4.78 is 37.1. The van der Waals surface area contributed by atoms with Crippen molar-refractivity contribution >= 4 is 6.29 Å². The molecule has 0 bridgehead atoms. The van der Waals surface area contributed by atoms with E-state index in [1.165, 1.54) is 20.8 Å². The normalized spacial score (nSPS) is 18.6. The fourth-order valence-corrected chi connectivity index (χ4v) is 0.669. The third-order valence-corrected chi connectivity index (χ3v) is 2.38. The van der Waals surface area contributed by atoms with Crippen molar-refractivity contribution in [3.8, 4) is 0 Å². The number of carbonyl (C=O) groups excluding carboxylic acids is 1. The molecule has 0 fully saturated rings. The van der Waals surface area contributed by atoms with Crippen LogP contribution in [0.1, 0.15) is 27.7 Å². The molecule has 0 amide bonds. The maximum absolute atomic E-state index is 12.4. The molecule has 0 aromatic carbocycles. The van der Waals surface area contributed by atoms with E-state index in [0.29, 0.717) is 0 Å². The molecule has 1 nitrogen and oxygen atoms in total. The van der Waals surface area contributed by atoms with Gasteiger partial charge in [-0.15, -0.1) is 0 Å². The maximum Gasteiger partial charge on any atom is 0.401 e. The maximum atomic E-state index is 12.4. The molecule has 0 aliphatic carbocycles. The first-order valence-electron chi connectivity index (χ1n) is 3.59. The minimum atomic E-state index is -4.48. The summed E-state index contributed by atoms with van der Waals surface area (Å²) >= 11 is 0. The van der Waals surface area contributed by atoms with Crippen LogP contribution in [0.25, 0.3) is 0 Å². The number of rotatable bonds is 1. The molecular weight excluding hydrogens is 169 g/mol. The largest absolute Gasteiger partial charge is 0.401 e. The van der Waals surface area contributed by atoms with E-state index in [-0.39, 0.29) is 6.29 Å². The highest BCUT2D eigenvalue weighted by atomic mass is 19.4. The lowest BCUT2D eigenvalue weighted by molar-refractivity contribution is -0.235. The average Bonchev–Trinajstić information content (AvgIpc) is 1.81. The van der Waals surface area contributed by atoms with Gasteiger partial charge in [0.05, 0.1) is 0 Å². The molecule has 0 N–H and O–H groups in total. The zero-order valence-corrected chi connectivity index (χ0v) is 7.62. The van der Waals surface area contributed by atoms with Gasteiger partial charge in [0.1, 0.15) is 11.7 Å². The highest BCUT2D eigenvalue weighted by Gasteiger charge is 2.58. The number of hydrogen-bond acceptors (Lipinski definition) is 1. The van der Waals surface area contributed by atoms with E-state index in [1.54, 1.807) is 0 Å². The standard InChI is InChI=1S/C8H13F3O/c1-6(2,3)7(4,5-12)8(9,10)11/h5H,1-4H3. The molecule has 0 aromatic heterocycles. The Labute approximate surface area is 70.0 Å². The molecule has 0 radical (unpaired) electrons. The van der Waals surface area contributed by atoms with Gasteiger partial charge in [0.25, 0.3) is 0 Å². The molecule has 4 heteroatoms. The molecule has 0 aliphatic heterocycles. The number of halogens is 3. The number of aldehydes is 1. The van der Waals surface area contributed by atoms with Crippen LogP contribution in [-0.2, 0) is 4.79 Å². The lowest BCUT2D eigenvalue weighted by Gasteiger charge is -2.38. The predicted molar refractivity (Wildman–Crippen MR) is 39.7 cm³/mol. The summed E-state index contributed by atoms with van der Waals surface area (Å²) in [6, 6.07) is 0. The Morgan fingerprint density at radius 3 is 1.33 bits per heavy atom. The molecule has 0 rings (SSSR count). The van der Waals surface area contributed by atoms with E-state index in [0.717, 1.165) is 6.92 Å². The van der Waals surface area contributed by atoms with E-state index in [2.05, 4.69) is 0 Å². The van der Waals surface area contributed by atoms with Gasteiger partial charge in [0, 0.05) is 0 Å². The molecule has 72 valence electrons. The Hall–Kier alpha value is -0.540. The van der Waals surface area contributed by atoms with Crippen LogP contribution in [0.3, 0.4) is 0 Å². The fraction of sp³-hybridized carbons (Fsp3) is 0.875. The van der Waals surface area contributed by atoms with Gasteiger partial charge in [-0.25, -0.2) is 0 Å². The predicted octanol–water partition coefficient (Wildman–Crippen LogP) is 2.80. The molecule has 12 heavy (non-hydrogen) atoms. The minimum Gasteiger partial charge on any atom is -0.302 e. The van der Waals surface area contributed by atoms with Gasteiger partial charge >= 0.3 is 6.18 Å². The second-order valence-electron chi connectivity index (χ2n) is 4.07. The number of hydrogen-bond donors (Lipinski definition) is 0. The van der Waals surface area contributed by atoms with Gasteiger partial charge in [-0.1, -0.05) is 20.8 Å². The van der Waals surface area contributed by atoms with Gasteiger partial charge in [-0.2, -0.15) is 13.2 Å². The van der Waals surface area contributed by atoms with Crippen LogP contribution in [0.15, 0.2) is 0 Å². The summed E-state index contributed by atoms with van der Waals surface area (Å²) in [5, 5.41) is 0. The molecule has 0 saturated carbocycles. The highest BCUT2D eigenvalue weighted by molar-refractivity contribution is 5.61. The molecule has 1 atom stereocenters. The zero-order chi connectivity index (χ0) is 10.2. The molecule has 0 saturated heterocycles. The summed E-state index contributed by atoms with van der Waals surface area (Å²) in [6.07, 6.45) is -4.50. The SMILES string of the molecule is CC(C)(C)C(C)(C=O)C(F)(F)F. The summed E-state index contributed by atoms with van der Waals surface area (Å²) in [5.74, 6) is 0. The van der Waals surface area contributed by atoms with Crippen molar-refractivity contribution in [1.29, 1.82) is 0 Å². The van der Waals surface area contributed by atoms with E-state index in [9.17, 15) is 18.0 Å². The van der Waals surface area contributed by atoms with Crippen molar-refractivity contribution in [3.05, 3.63) is 0 Å². The van der Waals surface area contributed by atoms with E-state index < -0.39 is 17.0 Å². The summed E-state index contributed by atoms with van der Waals surface area (Å²) in [6.45, 7) is 5.11. The van der Waals surface area contributed by atoms with Crippen LogP contribution in [0.5, 0.6) is 0 Å². The summed E-state index contributed by atoms with van der Waals surface area (Å²) in [7, 11) is 0. The van der Waals surface area contributed by atoms with Crippen molar-refractivity contribution in [2.45, 2.75) is 33.9 Å². The van der Waals surface area contributed by atoms with E-state index in [1.807, 2.05) is 0 Å². The van der Waals surface area contributed by atoms with Crippen molar-refractivity contribution in [1.82, 2.24) is 0 Å². The Morgan fingerprint density at radius 2 is 1.33 bits per heavy atom. The molecule has 0 aromatic rings. The van der Waals surface area contributed by atoms with E-state index >= 15 is 0 Å². The Kier molecular flexibility index (Phi) is 2.62. The van der Waals surface area contributed by atoms with Crippen LogP contribution >= 0.6 is 0 Å². The molecule has 0 aliphatic rings. The van der Waals surface area contributed by atoms with Crippen molar-refractivity contribution < 1.29 is 18.0 Å². The zero-order valence-electron chi connectivity index (χ0n) is 7.62. The third-order valence-electron chi connectivity index (χ3n) is 2.38. The highest BCUT2D eigenvalue weighted by Crippen LogP contribution is 2.48. The lowest BCUT2D eigenvalue weighted by Crippen LogP contribution is -2.47. The topological polar surface area (TPSA) is 17.1 Å². The average molecular weight is 182 g/mol. The van der Waals surface area contributed by atoms with Crippen LogP contribution in [0.2, 0.25) is 0 Å². The monoisotopic (exact) mass is 182 g/mol. The van der Waals surface area contributed by atoms with Gasteiger partial charge < -0.3 is 4.79 Å². The van der Waals surface area contributed by atoms with Crippen molar-refractivity contribution in [3.63, 3.8) is 0 Å². The van der Waals surface area contributed by atoms with Gasteiger partial charge in [-0.05, 0) is 12.3 Å². The first kappa shape index (κ1) is 11.5. The quantitative estimate of drug-likeness (QED) is 0.570. The van der Waals surface area contributed by atoms with Crippen LogP contribution in [0.4, 0.5) is 13.2 Å². The summed E-state index contributed by atoms with van der Waals surface area (Å²) in [5.41, 5.74) is -3.37. The van der Waals surface area contributed by atoms with Gasteiger partial charge in [-0.3, -0.25) is 0 Å².